The van der Waals surface area contributed by atoms with Crippen molar-refractivity contribution in [2.24, 2.45) is 16.6 Å². The fourth-order valence-electron chi connectivity index (χ4n) is 3.94. The highest BCUT2D eigenvalue weighted by Gasteiger charge is 2.22. The highest BCUT2D eigenvalue weighted by atomic mass is 127. The number of piperidine rings is 1. The molecule has 6 heteroatoms. The third-order valence-electron chi connectivity index (χ3n) is 5.33. The van der Waals surface area contributed by atoms with E-state index in [0.717, 1.165) is 25.6 Å². The van der Waals surface area contributed by atoms with Gasteiger partial charge in [-0.15, -0.1) is 24.0 Å². The zero-order chi connectivity index (χ0) is 16.5. The lowest BCUT2D eigenvalue weighted by atomic mass is 10.0. The second-order valence-electron chi connectivity index (χ2n) is 7.33. The van der Waals surface area contributed by atoms with Gasteiger partial charge in [0, 0.05) is 19.1 Å². The van der Waals surface area contributed by atoms with Crippen LogP contribution in [-0.2, 0) is 0 Å². The van der Waals surface area contributed by atoms with Gasteiger partial charge in [0.05, 0.1) is 6.54 Å². The van der Waals surface area contributed by atoms with Gasteiger partial charge in [-0.05, 0) is 70.6 Å². The Labute approximate surface area is 165 Å². The van der Waals surface area contributed by atoms with Gasteiger partial charge in [-0.3, -0.25) is 9.89 Å². The molecule has 2 saturated heterocycles. The van der Waals surface area contributed by atoms with Crippen molar-refractivity contribution in [3.05, 3.63) is 0 Å². The number of unbranched alkanes of at least 4 members (excludes halogenated alkanes) is 1. The van der Waals surface area contributed by atoms with Crippen LogP contribution in [0.3, 0.4) is 0 Å². The molecule has 3 N–H and O–H groups in total. The zero-order valence-electron chi connectivity index (χ0n) is 15.7. The maximum absolute atomic E-state index is 5.99. The molecular weight excluding hydrogens is 413 g/mol. The van der Waals surface area contributed by atoms with Crippen molar-refractivity contribution < 1.29 is 0 Å². The van der Waals surface area contributed by atoms with E-state index in [4.69, 9.17) is 5.73 Å². The van der Waals surface area contributed by atoms with Crippen molar-refractivity contribution in [2.45, 2.75) is 58.4 Å². The van der Waals surface area contributed by atoms with Gasteiger partial charge in [-0.1, -0.05) is 13.8 Å². The van der Waals surface area contributed by atoms with Gasteiger partial charge in [0.25, 0.3) is 0 Å². The molecular formula is C18H38IN5. The molecule has 0 amide bonds. The molecule has 2 rings (SSSR count). The standard InChI is InChI=1S/C18H37N5.HI/c1-3-23-13-7-9-17(23)14-21-18(19)20-10-4-5-11-22-12-6-8-16(2)15-22;/h16-17H,3-15H2,1-2H3,(H3,19,20,21);1H. The monoisotopic (exact) mass is 451 g/mol. The third-order valence-corrected chi connectivity index (χ3v) is 5.33. The Morgan fingerprint density at radius 2 is 2.00 bits per heavy atom. The van der Waals surface area contributed by atoms with Gasteiger partial charge in [0.15, 0.2) is 5.96 Å². The summed E-state index contributed by atoms with van der Waals surface area (Å²) in [5, 5.41) is 3.28. The lowest BCUT2D eigenvalue weighted by molar-refractivity contribution is 0.181. The van der Waals surface area contributed by atoms with E-state index in [1.54, 1.807) is 0 Å². The van der Waals surface area contributed by atoms with Gasteiger partial charge in [0.1, 0.15) is 0 Å². The number of nitrogens with two attached hydrogens (primary N) is 1. The van der Waals surface area contributed by atoms with Crippen LogP contribution in [0.1, 0.15) is 52.4 Å². The van der Waals surface area contributed by atoms with Crippen molar-refractivity contribution >= 4 is 29.9 Å². The second-order valence-corrected chi connectivity index (χ2v) is 7.33. The maximum Gasteiger partial charge on any atom is 0.188 e. The number of guanidine groups is 1. The molecule has 0 aromatic rings. The fourth-order valence-corrected chi connectivity index (χ4v) is 3.94. The lowest BCUT2D eigenvalue weighted by Crippen LogP contribution is -2.37. The number of likely N-dealkylation sites (tertiary alicyclic amines) is 2. The highest BCUT2D eigenvalue weighted by Crippen LogP contribution is 2.17. The molecule has 5 nitrogen and oxygen atoms in total. The van der Waals surface area contributed by atoms with Gasteiger partial charge in [0.2, 0.25) is 0 Å². The molecule has 0 aromatic carbocycles. The Bertz CT molecular complexity index is 363. The molecule has 0 spiro atoms. The number of hydrogen-bond donors (Lipinski definition) is 2. The van der Waals surface area contributed by atoms with Crippen molar-refractivity contribution in [3.8, 4) is 0 Å². The molecule has 2 unspecified atom stereocenters. The predicted octanol–water partition coefficient (Wildman–Crippen LogP) is 2.51. The average Bonchev–Trinajstić information content (AvgIpc) is 3.00. The molecule has 0 bridgehead atoms. The van der Waals surface area contributed by atoms with Crippen LogP contribution in [0.2, 0.25) is 0 Å². The minimum Gasteiger partial charge on any atom is -0.370 e. The molecule has 142 valence electrons. The molecule has 24 heavy (non-hydrogen) atoms. The van der Waals surface area contributed by atoms with Gasteiger partial charge < -0.3 is 16.0 Å². The summed E-state index contributed by atoms with van der Waals surface area (Å²) >= 11 is 0. The zero-order valence-corrected chi connectivity index (χ0v) is 18.0. The maximum atomic E-state index is 5.99. The number of halogens is 1. The fraction of sp³-hybridized carbons (Fsp3) is 0.944. The topological polar surface area (TPSA) is 56.9 Å². The van der Waals surface area contributed by atoms with E-state index in [1.807, 2.05) is 0 Å². The molecule has 2 aliphatic rings. The van der Waals surface area contributed by atoms with Crippen LogP contribution in [0.25, 0.3) is 0 Å². The minimum absolute atomic E-state index is 0. The number of aliphatic imine (C=N–C) groups is 1. The molecule has 0 aliphatic carbocycles. The largest absolute Gasteiger partial charge is 0.370 e. The summed E-state index contributed by atoms with van der Waals surface area (Å²) in [5.74, 6) is 1.50. The predicted molar refractivity (Wildman–Crippen MR) is 114 cm³/mol. The quantitative estimate of drug-likeness (QED) is 0.258. The molecule has 2 heterocycles. The van der Waals surface area contributed by atoms with Crippen LogP contribution in [0.15, 0.2) is 4.99 Å². The number of rotatable bonds is 8. The van der Waals surface area contributed by atoms with E-state index in [0.29, 0.717) is 12.0 Å². The van der Waals surface area contributed by atoms with Crippen LogP contribution in [0, 0.1) is 5.92 Å². The lowest BCUT2D eigenvalue weighted by Gasteiger charge is -2.30. The van der Waals surface area contributed by atoms with Gasteiger partial charge >= 0.3 is 0 Å². The summed E-state index contributed by atoms with van der Waals surface area (Å²) in [5.41, 5.74) is 5.99. The summed E-state index contributed by atoms with van der Waals surface area (Å²) < 4.78 is 0. The molecule has 2 atom stereocenters. The summed E-state index contributed by atoms with van der Waals surface area (Å²) in [7, 11) is 0. The second kappa shape index (κ2) is 12.3. The summed E-state index contributed by atoms with van der Waals surface area (Å²) in [6, 6.07) is 0.599. The first-order valence-corrected chi connectivity index (χ1v) is 9.69. The highest BCUT2D eigenvalue weighted by molar-refractivity contribution is 14.0. The first-order chi connectivity index (χ1) is 11.2. The number of nitrogens with zero attached hydrogens (tertiary/aromatic N) is 3. The van der Waals surface area contributed by atoms with Crippen molar-refractivity contribution in [2.75, 3.05) is 45.8 Å². The Morgan fingerprint density at radius 3 is 2.75 bits per heavy atom. The van der Waals surface area contributed by atoms with Crippen molar-refractivity contribution in [1.82, 2.24) is 15.1 Å². The van der Waals surface area contributed by atoms with Crippen LogP contribution < -0.4 is 11.1 Å². The number of nitrogens with one attached hydrogen (secondary N) is 1. The molecule has 0 saturated carbocycles. The van der Waals surface area contributed by atoms with Crippen molar-refractivity contribution in [1.29, 1.82) is 0 Å². The molecule has 0 aromatic heterocycles. The van der Waals surface area contributed by atoms with E-state index in [2.05, 4.69) is 34.0 Å². The van der Waals surface area contributed by atoms with Crippen molar-refractivity contribution in [3.63, 3.8) is 0 Å². The van der Waals surface area contributed by atoms with Gasteiger partial charge in [-0.2, -0.15) is 0 Å². The van der Waals surface area contributed by atoms with E-state index >= 15 is 0 Å². The van der Waals surface area contributed by atoms with Crippen LogP contribution >= 0.6 is 24.0 Å². The van der Waals surface area contributed by atoms with E-state index in [-0.39, 0.29) is 24.0 Å². The Balaban J connectivity index is 0.00000288. The summed E-state index contributed by atoms with van der Waals surface area (Å²) in [4.78, 5) is 9.66. The number of likely N-dealkylation sites (N-methyl/N-ethyl adjacent to an activating group) is 1. The SMILES string of the molecule is CCN1CCCC1CN=C(N)NCCCCN1CCCC(C)C1.I. The molecule has 2 aliphatic heterocycles. The van der Waals surface area contributed by atoms with Gasteiger partial charge in [-0.25, -0.2) is 0 Å². The Kier molecular flexibility index (Phi) is 11.3. The first kappa shape index (κ1) is 22.0. The van der Waals surface area contributed by atoms with E-state index in [9.17, 15) is 0 Å². The van der Waals surface area contributed by atoms with E-state index < -0.39 is 0 Å². The first-order valence-electron chi connectivity index (χ1n) is 9.69. The third kappa shape index (κ3) is 7.87. The molecule has 2 fully saturated rings. The Hall–Kier alpha value is -0.0800. The normalized spacial score (nSPS) is 26.3. The van der Waals surface area contributed by atoms with Crippen LogP contribution in [0.5, 0.6) is 0 Å². The van der Waals surface area contributed by atoms with Crippen LogP contribution in [0.4, 0.5) is 0 Å². The Morgan fingerprint density at radius 1 is 1.21 bits per heavy atom. The smallest absolute Gasteiger partial charge is 0.188 e. The summed E-state index contributed by atoms with van der Waals surface area (Å²) in [6.45, 7) is 12.5. The van der Waals surface area contributed by atoms with Crippen LogP contribution in [-0.4, -0.2) is 67.6 Å². The number of hydrogen-bond acceptors (Lipinski definition) is 3. The minimum atomic E-state index is 0. The average molecular weight is 451 g/mol. The van der Waals surface area contributed by atoms with E-state index in [1.165, 1.54) is 64.7 Å². The summed E-state index contributed by atoms with van der Waals surface area (Å²) in [6.07, 6.45) is 7.76. The molecule has 0 radical (unpaired) electrons.